The van der Waals surface area contributed by atoms with Crippen LogP contribution in [0.15, 0.2) is 127 Å². The molecule has 45 heteroatoms. The van der Waals surface area contributed by atoms with Crippen molar-refractivity contribution in [3.05, 3.63) is 170 Å². The van der Waals surface area contributed by atoms with Crippen molar-refractivity contribution < 1.29 is 64.6 Å². The molecule has 0 radical (unpaired) electrons. The number of aromatic nitrogens is 21. The lowest BCUT2D eigenvalue weighted by Crippen LogP contribution is -2.29. The number of rotatable bonds is 26. The fraction of sp³-hybridized carbons (Fsp3) is 0.486. The minimum Gasteiger partial charge on any atom is -0.390 e. The third kappa shape index (κ3) is 30.7. The van der Waals surface area contributed by atoms with Crippen molar-refractivity contribution in [2.24, 2.45) is 29.7 Å². The molecule has 1 atom stereocenters. The highest BCUT2D eigenvalue weighted by Crippen LogP contribution is 2.44. The van der Waals surface area contributed by atoms with Gasteiger partial charge in [0.25, 0.3) is 0 Å². The molecule has 0 spiro atoms. The van der Waals surface area contributed by atoms with Crippen LogP contribution in [0.25, 0.3) is 72.7 Å². The zero-order valence-corrected chi connectivity index (χ0v) is 87.2. The Kier molecular flexibility index (Phi) is 37.5. The Morgan fingerprint density at radius 3 is 1.30 bits per heavy atom. The highest BCUT2D eigenvalue weighted by atomic mass is 35.5. The Morgan fingerprint density at radius 1 is 0.473 bits per heavy atom. The standard InChI is InChI=1S/C19H24ClFN4O.C19H17ClN6O.C17H19N5OS.C17H24N4O.C16H18ClF3N4O.C15H19F3N4O2.2CH4/c1-19(21)9-7-12(8-10-19)11-16(26)24-18-22-14-5-6-15(20)23-17(14)25(18)13-3-2-4-13;1-25-12-14(11-21-25)26-18-15(8-9-16(20)23-18)22-19(26)24-17(27)10-7-13-5-3-2-4-6-13;1-11-5-6-13-16(19-11)22(12-3-2-4-12)17(20-13)21-14(23)7-8-15-18-9-10-24-15;1-11-8-9-13-15(18-11)21(12-6-5-7-12)16(19-13)20-14(22)10-17(2,3)4;1-9(8-16(18,19)20)7-13(25)23-15-21-11-5-6-12(17)22-14(11)24(15)10-3-2-4-10;1-14(2,3)6-11(24)21-13-20-10-5-4-9(7-23)19-12(10)22(13)8-15(16,17)18;;/h5-6,12-13H,2-4,7-11H2,1H3,(H,22,24,26);2-6,8-9,11-12H,7,10H2,1H3,(H,22,24,27);5-6,9-10,12H,2-4,7-8H2,1H3,(H,20,21,23);8-9,12H,5-7,10H2,1-4H3,(H,19,20,22);5-6,9-10H,2-4,7-8H2,1H3,(H,21,23,25);4-5,23H,6-8H2,1-3H3,(H,20,21,24);2*1H4. The summed E-state index contributed by atoms with van der Waals surface area (Å²) in [6.07, 6.45) is 14.1. The number of amides is 6. The Balaban J connectivity index is 0.000000150. The zero-order valence-electron chi connectivity index (χ0n) is 84.2. The van der Waals surface area contributed by atoms with E-state index in [-0.39, 0.29) is 96.9 Å². The highest BCUT2D eigenvalue weighted by Gasteiger charge is 2.38. The molecule has 14 aromatic heterocycles. The number of aliphatic hydroxyl groups is 1. The van der Waals surface area contributed by atoms with Crippen LogP contribution in [0, 0.1) is 36.5 Å². The van der Waals surface area contributed by atoms with Crippen LogP contribution in [0.4, 0.5) is 66.4 Å². The molecule has 5 saturated carbocycles. The van der Waals surface area contributed by atoms with Crippen molar-refractivity contribution in [1.29, 1.82) is 0 Å². The van der Waals surface area contributed by atoms with Gasteiger partial charge in [0.2, 0.25) is 71.1 Å². The van der Waals surface area contributed by atoms with Gasteiger partial charge in [0, 0.05) is 112 Å². The van der Waals surface area contributed by atoms with E-state index in [1.54, 1.807) is 70.2 Å². The van der Waals surface area contributed by atoms with E-state index in [1.165, 1.54) is 38.3 Å². The van der Waals surface area contributed by atoms with E-state index < -0.39 is 55.3 Å². The molecule has 802 valence electrons. The molecule has 5 aliphatic rings. The summed E-state index contributed by atoms with van der Waals surface area (Å²) in [7, 11) is 1.82. The van der Waals surface area contributed by atoms with Crippen molar-refractivity contribution in [2.45, 2.75) is 300 Å². The Bertz CT molecular complexity index is 7220. The fourth-order valence-corrected chi connectivity index (χ4v) is 18.8. The second-order valence-corrected chi connectivity index (χ2v) is 43.2. The van der Waals surface area contributed by atoms with Gasteiger partial charge in [0.05, 0.1) is 29.2 Å². The van der Waals surface area contributed by atoms with Gasteiger partial charge >= 0.3 is 12.4 Å². The summed E-state index contributed by atoms with van der Waals surface area (Å²) in [6, 6.07) is 32.3. The van der Waals surface area contributed by atoms with Crippen molar-refractivity contribution in [2.75, 3.05) is 31.9 Å². The number of pyridine rings is 6. The quantitative estimate of drug-likeness (QED) is 0.0195. The number of benzene rings is 1. The topological polar surface area (TPSA) is 410 Å². The number of thiazole rings is 1. The number of aliphatic hydroxyl groups excluding tert-OH is 1. The van der Waals surface area contributed by atoms with Crippen molar-refractivity contribution in [3.63, 3.8) is 0 Å². The van der Waals surface area contributed by atoms with E-state index in [9.17, 15) is 59.5 Å². The molecule has 20 rings (SSSR count). The van der Waals surface area contributed by atoms with Gasteiger partial charge < -0.3 is 5.11 Å². The monoisotopic (exact) mass is 2150 g/mol. The van der Waals surface area contributed by atoms with Crippen molar-refractivity contribution >= 4 is 184 Å². The SMILES string of the molecule is C.C.CC(C)(C)CC(=O)Nc1nc2ccc(CO)nc2n1CC(F)(F)F.CC(CC(=O)Nc1nc2ccc(Cl)nc2n1C1CCC1)CC(F)(F)F.CC1(F)CCC(CC(=O)Nc2nc3ccc(Cl)nc3n2C2CCC2)CC1.Cc1ccc2nc(NC(=O)CC(C)(C)C)n(C3CCC3)c2n1.Cc1ccc2nc(NC(=O)CCc3nccs3)n(C3CCC3)c2n1.Cn1cc(-n2c(NC(=O)CCc3ccccc3)nc3ccc(Cl)nc32)cn1. The van der Waals surface area contributed by atoms with Crippen LogP contribution in [0.1, 0.15) is 270 Å². The summed E-state index contributed by atoms with van der Waals surface area (Å²) < 4.78 is 102. The van der Waals surface area contributed by atoms with E-state index >= 15 is 0 Å². The minimum absolute atomic E-state index is 0. The van der Waals surface area contributed by atoms with Gasteiger partial charge in [-0.25, -0.2) is 69.2 Å². The maximum Gasteiger partial charge on any atom is 0.406 e. The molecule has 1 unspecified atom stereocenters. The summed E-state index contributed by atoms with van der Waals surface area (Å²) >= 11 is 19.6. The predicted molar refractivity (Wildman–Crippen MR) is 570 cm³/mol. The number of alkyl halides is 7. The third-order valence-electron chi connectivity index (χ3n) is 25.8. The van der Waals surface area contributed by atoms with Gasteiger partial charge in [0.15, 0.2) is 33.9 Å². The number of fused-ring (bicyclic) bond motifs is 6. The number of hydrogen-bond acceptors (Lipinski definition) is 22. The maximum absolute atomic E-state index is 13.9. The molecule has 14 heterocycles. The summed E-state index contributed by atoms with van der Waals surface area (Å²) in [5.74, 6) is 0.662. The molecule has 150 heavy (non-hydrogen) atoms. The van der Waals surface area contributed by atoms with Crippen LogP contribution in [-0.4, -0.2) is 161 Å². The molecule has 0 saturated heterocycles. The lowest BCUT2D eigenvalue weighted by molar-refractivity contribution is -0.145. The first-order valence-electron chi connectivity index (χ1n) is 49.6. The third-order valence-corrected chi connectivity index (χ3v) is 27.3. The summed E-state index contributed by atoms with van der Waals surface area (Å²) in [6.45, 7) is 17.0. The highest BCUT2D eigenvalue weighted by molar-refractivity contribution is 7.09. The number of halogens is 10. The van der Waals surface area contributed by atoms with Crippen LogP contribution < -0.4 is 31.9 Å². The second-order valence-electron chi connectivity index (χ2n) is 41.0. The van der Waals surface area contributed by atoms with E-state index in [2.05, 4.69) is 132 Å². The normalized spacial score (nSPS) is 16.1. The van der Waals surface area contributed by atoms with Crippen LogP contribution in [0.3, 0.4) is 0 Å². The smallest absolute Gasteiger partial charge is 0.390 e. The van der Waals surface area contributed by atoms with Gasteiger partial charge in [0.1, 0.15) is 60.8 Å². The number of anilines is 6. The van der Waals surface area contributed by atoms with Gasteiger partial charge in [-0.1, -0.05) is 128 Å². The lowest BCUT2D eigenvalue weighted by Gasteiger charge is -2.31. The van der Waals surface area contributed by atoms with Crippen molar-refractivity contribution in [1.82, 2.24) is 102 Å². The first-order chi connectivity index (χ1) is 70.3. The molecule has 7 N–H and O–H groups in total. The number of nitrogens with one attached hydrogen (secondary N) is 6. The number of hydrogen-bond donors (Lipinski definition) is 7. The maximum atomic E-state index is 13.9. The largest absolute Gasteiger partial charge is 0.406 e. The summed E-state index contributed by atoms with van der Waals surface area (Å²) in [5, 5.41) is 34.2. The fourth-order valence-electron chi connectivity index (χ4n) is 17.8. The summed E-state index contributed by atoms with van der Waals surface area (Å²) in [4.78, 5) is 131. The van der Waals surface area contributed by atoms with Crippen LogP contribution >= 0.6 is 46.1 Å². The van der Waals surface area contributed by atoms with Crippen LogP contribution in [0.5, 0.6) is 0 Å². The molecular formula is C105H129Cl3F7N27O7S. The van der Waals surface area contributed by atoms with E-state index in [0.717, 1.165) is 136 Å². The van der Waals surface area contributed by atoms with E-state index in [4.69, 9.17) is 39.9 Å². The lowest BCUT2D eigenvalue weighted by atomic mass is 9.79. The number of carbonyl (C=O) groups excluding carboxylic acids is 6. The molecule has 34 nitrogen and oxygen atoms in total. The Morgan fingerprint density at radius 2 is 0.873 bits per heavy atom. The Hall–Kier alpha value is -13.1. The van der Waals surface area contributed by atoms with Gasteiger partial charge in [-0.05, 0) is 231 Å². The first-order valence-corrected chi connectivity index (χ1v) is 51.6. The first kappa shape index (κ1) is 114. The van der Waals surface area contributed by atoms with Crippen molar-refractivity contribution in [3.8, 4) is 5.69 Å². The number of nitrogens with zero attached hydrogens (tertiary/aromatic N) is 21. The van der Waals surface area contributed by atoms with Gasteiger partial charge in [-0.2, -0.15) is 31.4 Å². The molecule has 1 aromatic carbocycles. The zero-order chi connectivity index (χ0) is 106. The van der Waals surface area contributed by atoms with Crippen LogP contribution in [-0.2, 0) is 61.8 Å². The number of imidazole rings is 6. The summed E-state index contributed by atoms with van der Waals surface area (Å²) in [5.41, 5.74) is 10.0. The van der Waals surface area contributed by atoms with Gasteiger partial charge in [-0.15, -0.1) is 11.3 Å². The van der Waals surface area contributed by atoms with Gasteiger partial charge in [-0.3, -0.25) is 92.8 Å². The minimum atomic E-state index is -4.51. The average molecular weight is 2150 g/mol. The molecular weight excluding hydrogens is 2020 g/mol. The molecule has 0 bridgehead atoms. The van der Waals surface area contributed by atoms with E-state index in [0.29, 0.717) is 137 Å². The van der Waals surface area contributed by atoms with E-state index in [1.807, 2.05) is 123 Å². The number of aryl methyl sites for hydroxylation is 5. The van der Waals surface area contributed by atoms with Crippen LogP contribution in [0.2, 0.25) is 15.5 Å². The second kappa shape index (κ2) is 49.4. The average Bonchev–Trinajstić information content (AvgIpc) is 1.64. The Labute approximate surface area is 883 Å². The molecule has 15 aromatic rings. The predicted octanol–water partition coefficient (Wildman–Crippen LogP) is 24.6. The molecule has 5 aliphatic carbocycles. The number of carbonyl (C=O) groups is 6. The molecule has 5 fully saturated rings. The molecule has 0 aliphatic heterocycles. The molecule has 6 amide bonds.